The molecule has 3 nitrogen and oxygen atoms in total. The highest BCUT2D eigenvalue weighted by Crippen LogP contribution is 2.26. The van der Waals surface area contributed by atoms with Crippen LogP contribution in [0.4, 0.5) is 0 Å². The summed E-state index contributed by atoms with van der Waals surface area (Å²) in [5.41, 5.74) is 3.02. The van der Waals surface area contributed by atoms with Crippen molar-refractivity contribution in [2.45, 2.75) is 39.0 Å². The van der Waals surface area contributed by atoms with Crippen molar-refractivity contribution in [3.63, 3.8) is 0 Å². The number of carbonyl (C=O) groups is 1. The number of hydrogen-bond donors (Lipinski definition) is 1. The third-order valence-corrected chi connectivity index (χ3v) is 4.41. The molecule has 130 valence electrons. The Balaban J connectivity index is 1.64. The summed E-state index contributed by atoms with van der Waals surface area (Å²) in [4.78, 5) is 12.3. The van der Waals surface area contributed by atoms with Crippen LogP contribution in [0.2, 0.25) is 0 Å². The topological polar surface area (TPSA) is 42.2 Å². The maximum Gasteiger partial charge on any atom is 0.287 e. The van der Waals surface area contributed by atoms with E-state index in [1.165, 1.54) is 19.3 Å². The SMILES string of the molecule is CCCCCCCNC(=O)c1cc2cc(-c3ccccc3)ccc2o1. The Morgan fingerprint density at radius 1 is 0.920 bits per heavy atom. The molecule has 2 aromatic carbocycles. The minimum Gasteiger partial charge on any atom is -0.451 e. The molecule has 1 N–H and O–H groups in total. The Kier molecular flexibility index (Phi) is 5.89. The van der Waals surface area contributed by atoms with Gasteiger partial charge < -0.3 is 9.73 Å². The van der Waals surface area contributed by atoms with Crippen molar-refractivity contribution < 1.29 is 9.21 Å². The zero-order valence-corrected chi connectivity index (χ0v) is 14.8. The smallest absolute Gasteiger partial charge is 0.287 e. The second-order valence-electron chi connectivity index (χ2n) is 6.40. The van der Waals surface area contributed by atoms with Crippen molar-refractivity contribution in [3.8, 4) is 11.1 Å². The van der Waals surface area contributed by atoms with E-state index in [0.29, 0.717) is 12.3 Å². The molecular weight excluding hydrogens is 310 g/mol. The summed E-state index contributed by atoms with van der Waals surface area (Å²) in [6, 6.07) is 18.0. The van der Waals surface area contributed by atoms with Crippen LogP contribution in [0.5, 0.6) is 0 Å². The molecule has 3 aromatic rings. The Labute approximate surface area is 149 Å². The van der Waals surface area contributed by atoms with Crippen molar-refractivity contribution in [1.82, 2.24) is 5.32 Å². The maximum absolute atomic E-state index is 12.3. The molecule has 0 aliphatic rings. The first-order valence-corrected chi connectivity index (χ1v) is 9.15. The number of hydrogen-bond acceptors (Lipinski definition) is 2. The van der Waals surface area contributed by atoms with Crippen LogP contribution in [0.15, 0.2) is 59.0 Å². The Morgan fingerprint density at radius 2 is 1.72 bits per heavy atom. The molecule has 0 unspecified atom stereocenters. The largest absolute Gasteiger partial charge is 0.451 e. The molecule has 0 saturated carbocycles. The molecule has 0 radical (unpaired) electrons. The molecule has 1 amide bonds. The van der Waals surface area contributed by atoms with E-state index in [-0.39, 0.29) is 5.91 Å². The first-order valence-electron chi connectivity index (χ1n) is 9.15. The van der Waals surface area contributed by atoms with Gasteiger partial charge in [0.2, 0.25) is 0 Å². The normalized spacial score (nSPS) is 10.9. The minimum atomic E-state index is -0.132. The van der Waals surface area contributed by atoms with Crippen LogP contribution < -0.4 is 5.32 Å². The standard InChI is InChI=1S/C22H25NO2/c1-2-3-4-5-9-14-23-22(24)21-16-19-15-18(12-13-20(19)25-21)17-10-7-6-8-11-17/h6-8,10-13,15-16H,2-5,9,14H2,1H3,(H,23,24). The number of unbranched alkanes of at least 4 members (excludes halogenated alkanes) is 4. The zero-order valence-electron chi connectivity index (χ0n) is 14.8. The van der Waals surface area contributed by atoms with Crippen LogP contribution in [0.1, 0.15) is 49.6 Å². The summed E-state index contributed by atoms with van der Waals surface area (Å²) in [6.07, 6.45) is 5.91. The predicted molar refractivity (Wildman–Crippen MR) is 103 cm³/mol. The number of rotatable bonds is 8. The average Bonchev–Trinajstić information content (AvgIpc) is 3.08. The van der Waals surface area contributed by atoms with Gasteiger partial charge in [-0.15, -0.1) is 0 Å². The number of carbonyl (C=O) groups excluding carboxylic acids is 1. The van der Waals surface area contributed by atoms with Gasteiger partial charge in [-0.05, 0) is 35.7 Å². The van der Waals surface area contributed by atoms with Crippen molar-refractivity contribution in [2.24, 2.45) is 0 Å². The fourth-order valence-corrected chi connectivity index (χ4v) is 2.98. The number of amides is 1. The molecule has 3 rings (SSSR count). The molecular formula is C22H25NO2. The van der Waals surface area contributed by atoms with Gasteiger partial charge in [-0.25, -0.2) is 0 Å². The number of nitrogens with one attached hydrogen (secondary N) is 1. The molecule has 1 heterocycles. The highest BCUT2D eigenvalue weighted by atomic mass is 16.3. The molecule has 25 heavy (non-hydrogen) atoms. The van der Waals surface area contributed by atoms with Gasteiger partial charge >= 0.3 is 0 Å². The number of fused-ring (bicyclic) bond motifs is 1. The summed E-state index contributed by atoms with van der Waals surface area (Å²) in [5.74, 6) is 0.252. The van der Waals surface area contributed by atoms with Gasteiger partial charge in [-0.3, -0.25) is 4.79 Å². The molecule has 0 saturated heterocycles. The second-order valence-corrected chi connectivity index (χ2v) is 6.40. The summed E-state index contributed by atoms with van der Waals surface area (Å²) in [6.45, 7) is 2.90. The van der Waals surface area contributed by atoms with Gasteiger partial charge in [0, 0.05) is 11.9 Å². The molecule has 3 heteroatoms. The highest BCUT2D eigenvalue weighted by Gasteiger charge is 2.12. The van der Waals surface area contributed by atoms with E-state index >= 15 is 0 Å². The van der Waals surface area contributed by atoms with Gasteiger partial charge in [0.05, 0.1) is 0 Å². The van der Waals surface area contributed by atoms with E-state index in [9.17, 15) is 4.79 Å². The third kappa shape index (κ3) is 4.50. The first-order chi connectivity index (χ1) is 12.3. The number of furan rings is 1. The molecule has 0 atom stereocenters. The molecule has 0 spiro atoms. The summed E-state index contributed by atoms with van der Waals surface area (Å²) in [7, 11) is 0. The van der Waals surface area contributed by atoms with Crippen LogP contribution in [-0.4, -0.2) is 12.5 Å². The lowest BCUT2D eigenvalue weighted by molar-refractivity contribution is 0.0927. The third-order valence-electron chi connectivity index (χ3n) is 4.41. The minimum absolute atomic E-state index is 0.132. The Bertz CT molecular complexity index is 820. The van der Waals surface area contributed by atoms with Crippen LogP contribution in [0, 0.1) is 0 Å². The molecule has 0 bridgehead atoms. The van der Waals surface area contributed by atoms with Crippen LogP contribution in [0.25, 0.3) is 22.1 Å². The van der Waals surface area contributed by atoms with E-state index in [0.717, 1.165) is 34.9 Å². The van der Waals surface area contributed by atoms with Gasteiger partial charge in [0.15, 0.2) is 5.76 Å². The van der Waals surface area contributed by atoms with Gasteiger partial charge in [0.1, 0.15) is 5.58 Å². The van der Waals surface area contributed by atoms with Crippen molar-refractivity contribution in [3.05, 3.63) is 60.4 Å². The lowest BCUT2D eigenvalue weighted by atomic mass is 10.0. The highest BCUT2D eigenvalue weighted by molar-refractivity contribution is 5.96. The molecule has 1 aromatic heterocycles. The quantitative estimate of drug-likeness (QED) is 0.529. The Hall–Kier alpha value is -2.55. The molecule has 0 aliphatic heterocycles. The zero-order chi connectivity index (χ0) is 17.5. The summed E-state index contributed by atoms with van der Waals surface area (Å²) in [5, 5.41) is 3.90. The van der Waals surface area contributed by atoms with E-state index in [1.54, 1.807) is 0 Å². The van der Waals surface area contributed by atoms with Gasteiger partial charge in [-0.2, -0.15) is 0 Å². The molecule has 0 fully saturated rings. The fourth-order valence-electron chi connectivity index (χ4n) is 2.98. The van der Waals surface area contributed by atoms with Crippen LogP contribution in [-0.2, 0) is 0 Å². The van der Waals surface area contributed by atoms with Gasteiger partial charge in [-0.1, -0.05) is 69.0 Å². The van der Waals surface area contributed by atoms with E-state index in [1.807, 2.05) is 36.4 Å². The Morgan fingerprint density at radius 3 is 2.52 bits per heavy atom. The fraction of sp³-hybridized carbons (Fsp3) is 0.318. The maximum atomic E-state index is 12.3. The van der Waals surface area contributed by atoms with E-state index in [2.05, 4.69) is 30.4 Å². The monoisotopic (exact) mass is 335 g/mol. The number of benzene rings is 2. The van der Waals surface area contributed by atoms with Crippen LogP contribution in [0.3, 0.4) is 0 Å². The average molecular weight is 335 g/mol. The summed E-state index contributed by atoms with van der Waals surface area (Å²) < 4.78 is 5.70. The van der Waals surface area contributed by atoms with Crippen molar-refractivity contribution in [2.75, 3.05) is 6.54 Å². The van der Waals surface area contributed by atoms with Crippen molar-refractivity contribution >= 4 is 16.9 Å². The summed E-state index contributed by atoms with van der Waals surface area (Å²) >= 11 is 0. The second kappa shape index (κ2) is 8.52. The van der Waals surface area contributed by atoms with E-state index in [4.69, 9.17) is 4.42 Å². The predicted octanol–water partition coefficient (Wildman–Crippen LogP) is 5.80. The lowest BCUT2D eigenvalue weighted by Gasteiger charge is -2.02. The lowest BCUT2D eigenvalue weighted by Crippen LogP contribution is -2.23. The van der Waals surface area contributed by atoms with Crippen molar-refractivity contribution in [1.29, 1.82) is 0 Å². The van der Waals surface area contributed by atoms with E-state index < -0.39 is 0 Å². The van der Waals surface area contributed by atoms with Crippen LogP contribution >= 0.6 is 0 Å². The first kappa shape index (κ1) is 17.3. The molecule has 0 aliphatic carbocycles. The van der Waals surface area contributed by atoms with Gasteiger partial charge in [0.25, 0.3) is 5.91 Å².